The average Bonchev–Trinajstić information content (AvgIpc) is 2.73. The lowest BCUT2D eigenvalue weighted by Crippen LogP contribution is -2.29. The molecule has 0 saturated heterocycles. The molecule has 0 aliphatic carbocycles. The largest absolute Gasteiger partial charge is 0.455 e. The van der Waals surface area contributed by atoms with Crippen LogP contribution in [0.4, 0.5) is 5.69 Å². The van der Waals surface area contributed by atoms with Crippen LogP contribution in [0.5, 0.6) is 11.5 Å². The van der Waals surface area contributed by atoms with Crippen molar-refractivity contribution in [1.29, 1.82) is 0 Å². The molecule has 0 aliphatic rings. The third kappa shape index (κ3) is 3.70. The van der Waals surface area contributed by atoms with Gasteiger partial charge in [-0.15, -0.1) is 0 Å². The average molecular weight is 402 g/mol. The molecule has 2 heterocycles. The first-order valence-corrected chi connectivity index (χ1v) is 9.16. The summed E-state index contributed by atoms with van der Waals surface area (Å²) in [6, 6.07) is 16.0. The summed E-state index contributed by atoms with van der Waals surface area (Å²) >= 11 is 0. The Morgan fingerprint density at radius 3 is 2.70 bits per heavy atom. The third-order valence-corrected chi connectivity index (χ3v) is 4.57. The molecule has 0 saturated carbocycles. The van der Waals surface area contributed by atoms with E-state index in [1.54, 1.807) is 24.3 Å². The highest BCUT2D eigenvalue weighted by Crippen LogP contribution is 2.30. The number of pyridine rings is 1. The summed E-state index contributed by atoms with van der Waals surface area (Å²) in [6.07, 6.45) is 1.32. The Morgan fingerprint density at radius 2 is 1.90 bits per heavy atom. The first kappa shape index (κ1) is 19.1. The van der Waals surface area contributed by atoms with Crippen LogP contribution in [0.3, 0.4) is 0 Å². The highest BCUT2D eigenvalue weighted by atomic mass is 16.5. The molecule has 0 aliphatic heterocycles. The van der Waals surface area contributed by atoms with E-state index in [9.17, 15) is 14.4 Å². The number of carbonyl (C=O) groups is 1. The number of anilines is 1. The summed E-state index contributed by atoms with van der Waals surface area (Å²) in [5, 5.41) is 2.93. The zero-order chi connectivity index (χ0) is 21.3. The molecule has 0 unspecified atom stereocenters. The Morgan fingerprint density at radius 1 is 1.10 bits per heavy atom. The normalized spacial score (nSPS) is 10.7. The standard InChI is InChI=1S/C22H18N4O4/c1-13-6-5-7-15(10-13)30-18-9-4-3-8-17(18)24-20(27)14-11-16-19(23-12-14)26(2)22(29)25-21(16)28/h3-12H,1-2H3,(H,24,27)(H,25,28,29). The van der Waals surface area contributed by atoms with Gasteiger partial charge < -0.3 is 10.1 Å². The Hall–Kier alpha value is -4.20. The van der Waals surface area contributed by atoms with Crippen LogP contribution < -0.4 is 21.3 Å². The Balaban J connectivity index is 1.65. The van der Waals surface area contributed by atoms with Gasteiger partial charge in [-0.1, -0.05) is 24.3 Å². The number of fused-ring (bicyclic) bond motifs is 1. The second-order valence-corrected chi connectivity index (χ2v) is 6.78. The molecule has 8 nitrogen and oxygen atoms in total. The fourth-order valence-electron chi connectivity index (χ4n) is 3.02. The SMILES string of the molecule is Cc1cccc(Oc2ccccc2NC(=O)c2cnc3c(c2)c(=O)[nH]c(=O)n3C)c1. The highest BCUT2D eigenvalue weighted by molar-refractivity contribution is 6.06. The second-order valence-electron chi connectivity index (χ2n) is 6.78. The molecular weight excluding hydrogens is 384 g/mol. The third-order valence-electron chi connectivity index (χ3n) is 4.57. The van der Waals surface area contributed by atoms with E-state index in [2.05, 4.69) is 15.3 Å². The molecule has 2 aromatic carbocycles. The molecule has 2 N–H and O–H groups in total. The molecule has 150 valence electrons. The van der Waals surface area contributed by atoms with Crippen molar-refractivity contribution < 1.29 is 9.53 Å². The molecule has 0 fully saturated rings. The van der Waals surface area contributed by atoms with Crippen molar-refractivity contribution in [1.82, 2.24) is 14.5 Å². The van der Waals surface area contributed by atoms with Crippen molar-refractivity contribution in [2.75, 3.05) is 5.32 Å². The van der Waals surface area contributed by atoms with Crippen LogP contribution in [0.2, 0.25) is 0 Å². The maximum atomic E-state index is 12.8. The molecule has 0 radical (unpaired) electrons. The van der Waals surface area contributed by atoms with Crippen LogP contribution in [0.25, 0.3) is 11.0 Å². The smallest absolute Gasteiger partial charge is 0.329 e. The topological polar surface area (TPSA) is 106 Å². The number of para-hydroxylation sites is 2. The molecule has 1 amide bonds. The predicted octanol–water partition coefficient (Wildman–Crippen LogP) is 2.97. The number of carbonyl (C=O) groups excluding carboxylic acids is 1. The fourth-order valence-corrected chi connectivity index (χ4v) is 3.02. The summed E-state index contributed by atoms with van der Waals surface area (Å²) in [6.45, 7) is 1.96. The van der Waals surface area contributed by atoms with E-state index in [0.29, 0.717) is 17.2 Å². The van der Waals surface area contributed by atoms with Gasteiger partial charge in [0.2, 0.25) is 0 Å². The van der Waals surface area contributed by atoms with Gasteiger partial charge in [0.15, 0.2) is 5.75 Å². The summed E-state index contributed by atoms with van der Waals surface area (Å²) in [5.74, 6) is 0.667. The van der Waals surface area contributed by atoms with Crippen molar-refractivity contribution >= 4 is 22.6 Å². The van der Waals surface area contributed by atoms with Crippen LogP contribution in [-0.2, 0) is 7.05 Å². The Labute approximate surface area is 170 Å². The van der Waals surface area contributed by atoms with Gasteiger partial charge in [-0.05, 0) is 42.8 Å². The molecule has 2 aromatic heterocycles. The van der Waals surface area contributed by atoms with Gasteiger partial charge in [0.05, 0.1) is 16.6 Å². The Kier molecular flexibility index (Phi) is 4.89. The van der Waals surface area contributed by atoms with Gasteiger partial charge in [0.25, 0.3) is 11.5 Å². The summed E-state index contributed by atoms with van der Waals surface area (Å²) in [7, 11) is 1.49. The number of ether oxygens (including phenoxy) is 1. The van der Waals surface area contributed by atoms with Gasteiger partial charge in [-0.3, -0.25) is 19.1 Å². The van der Waals surface area contributed by atoms with Crippen molar-refractivity contribution in [2.45, 2.75) is 6.92 Å². The number of amides is 1. The minimum Gasteiger partial charge on any atom is -0.455 e. The molecule has 0 atom stereocenters. The molecular formula is C22H18N4O4. The quantitative estimate of drug-likeness (QED) is 0.546. The Bertz CT molecular complexity index is 1390. The molecule has 8 heteroatoms. The maximum Gasteiger partial charge on any atom is 0.329 e. The monoisotopic (exact) mass is 402 g/mol. The molecule has 0 bridgehead atoms. The van der Waals surface area contributed by atoms with Crippen LogP contribution in [0, 0.1) is 6.92 Å². The van der Waals surface area contributed by atoms with E-state index in [1.807, 2.05) is 31.2 Å². The van der Waals surface area contributed by atoms with Gasteiger partial charge in [0.1, 0.15) is 11.4 Å². The molecule has 4 aromatic rings. The summed E-state index contributed by atoms with van der Waals surface area (Å²) in [5.41, 5.74) is 0.729. The summed E-state index contributed by atoms with van der Waals surface area (Å²) < 4.78 is 7.13. The van der Waals surface area contributed by atoms with Crippen LogP contribution in [0.15, 0.2) is 70.4 Å². The van der Waals surface area contributed by atoms with Gasteiger partial charge >= 0.3 is 5.69 Å². The molecule has 0 spiro atoms. The number of nitrogens with one attached hydrogen (secondary N) is 2. The predicted molar refractivity (Wildman–Crippen MR) is 113 cm³/mol. The van der Waals surface area contributed by atoms with Gasteiger partial charge in [0, 0.05) is 13.2 Å². The lowest BCUT2D eigenvalue weighted by Gasteiger charge is -2.13. The van der Waals surface area contributed by atoms with E-state index in [1.165, 1.54) is 23.9 Å². The summed E-state index contributed by atoms with van der Waals surface area (Å²) in [4.78, 5) is 42.9. The van der Waals surface area contributed by atoms with Crippen LogP contribution >= 0.6 is 0 Å². The minimum absolute atomic E-state index is 0.147. The van der Waals surface area contributed by atoms with E-state index in [-0.39, 0.29) is 16.6 Å². The van der Waals surface area contributed by atoms with Crippen molar-refractivity contribution in [3.63, 3.8) is 0 Å². The van der Waals surface area contributed by atoms with Crippen molar-refractivity contribution in [3.8, 4) is 11.5 Å². The number of aromatic amines is 1. The van der Waals surface area contributed by atoms with E-state index in [4.69, 9.17) is 4.74 Å². The number of nitrogens with zero attached hydrogens (tertiary/aromatic N) is 2. The van der Waals surface area contributed by atoms with Gasteiger partial charge in [-0.25, -0.2) is 9.78 Å². The van der Waals surface area contributed by atoms with Crippen LogP contribution in [0.1, 0.15) is 15.9 Å². The highest BCUT2D eigenvalue weighted by Gasteiger charge is 2.14. The number of aromatic nitrogens is 3. The lowest BCUT2D eigenvalue weighted by atomic mass is 10.2. The lowest BCUT2D eigenvalue weighted by molar-refractivity contribution is 0.102. The molecule has 4 rings (SSSR count). The van der Waals surface area contributed by atoms with Crippen LogP contribution in [-0.4, -0.2) is 20.4 Å². The minimum atomic E-state index is -0.599. The molecule has 30 heavy (non-hydrogen) atoms. The van der Waals surface area contributed by atoms with E-state index < -0.39 is 17.2 Å². The number of H-pyrrole nitrogens is 1. The van der Waals surface area contributed by atoms with E-state index >= 15 is 0 Å². The second kappa shape index (κ2) is 7.67. The number of rotatable bonds is 4. The van der Waals surface area contributed by atoms with E-state index in [0.717, 1.165) is 5.56 Å². The zero-order valence-electron chi connectivity index (χ0n) is 16.3. The van der Waals surface area contributed by atoms with Crippen molar-refractivity contribution in [2.24, 2.45) is 7.05 Å². The maximum absolute atomic E-state index is 12.8. The van der Waals surface area contributed by atoms with Crippen molar-refractivity contribution in [3.05, 3.63) is 92.8 Å². The first-order chi connectivity index (χ1) is 14.4. The number of benzene rings is 2. The first-order valence-electron chi connectivity index (χ1n) is 9.16. The fraction of sp³-hybridized carbons (Fsp3) is 0.0909. The number of hydrogen-bond acceptors (Lipinski definition) is 5. The zero-order valence-corrected chi connectivity index (χ0v) is 16.3. The number of hydrogen-bond donors (Lipinski definition) is 2. The van der Waals surface area contributed by atoms with Gasteiger partial charge in [-0.2, -0.15) is 0 Å². The number of aryl methyl sites for hydroxylation is 2.